The highest BCUT2D eigenvalue weighted by Crippen LogP contribution is 2.29. The maximum absolute atomic E-state index is 10.4. The largest absolute Gasteiger partial charge is 0.386 e. The molecule has 0 saturated heterocycles. The zero-order valence-corrected chi connectivity index (χ0v) is 11.7. The third kappa shape index (κ3) is 3.30. The van der Waals surface area contributed by atoms with Gasteiger partial charge in [0.1, 0.15) is 0 Å². The lowest BCUT2D eigenvalue weighted by Crippen LogP contribution is -2.43. The lowest BCUT2D eigenvalue weighted by Gasteiger charge is -2.37. The van der Waals surface area contributed by atoms with E-state index in [9.17, 15) is 5.11 Å². The number of aryl methyl sites for hydroxylation is 1. The van der Waals surface area contributed by atoms with E-state index in [0.717, 1.165) is 18.4 Å². The molecular formula is C15H25NO. The summed E-state index contributed by atoms with van der Waals surface area (Å²) >= 11 is 0. The highest BCUT2D eigenvalue weighted by Gasteiger charge is 2.30. The Morgan fingerprint density at radius 1 is 1.18 bits per heavy atom. The predicted octanol–water partition coefficient (Wildman–Crippen LogP) is 3.01. The van der Waals surface area contributed by atoms with E-state index in [1.807, 2.05) is 26.2 Å². The number of hydrogen-bond acceptors (Lipinski definition) is 2. The van der Waals surface area contributed by atoms with Crippen molar-refractivity contribution in [3.05, 3.63) is 35.4 Å². The van der Waals surface area contributed by atoms with Crippen LogP contribution in [0, 0.1) is 0 Å². The van der Waals surface area contributed by atoms with Crippen LogP contribution < -0.4 is 0 Å². The fourth-order valence-electron chi connectivity index (χ4n) is 1.81. The molecule has 0 bridgehead atoms. The van der Waals surface area contributed by atoms with Crippen molar-refractivity contribution in [2.45, 2.75) is 45.3 Å². The van der Waals surface area contributed by atoms with Gasteiger partial charge in [-0.1, -0.05) is 37.6 Å². The summed E-state index contributed by atoms with van der Waals surface area (Å²) in [6, 6.07) is 8.32. The van der Waals surface area contributed by atoms with Gasteiger partial charge in [0.25, 0.3) is 0 Å². The van der Waals surface area contributed by atoms with Crippen molar-refractivity contribution in [3.8, 4) is 0 Å². The van der Waals surface area contributed by atoms with Crippen molar-refractivity contribution >= 4 is 0 Å². The van der Waals surface area contributed by atoms with Crippen molar-refractivity contribution in [1.82, 2.24) is 4.90 Å². The maximum atomic E-state index is 10.4. The smallest absolute Gasteiger partial charge is 0.0967 e. The summed E-state index contributed by atoms with van der Waals surface area (Å²) < 4.78 is 0. The van der Waals surface area contributed by atoms with Gasteiger partial charge < -0.3 is 10.0 Å². The third-order valence-corrected chi connectivity index (χ3v) is 3.66. The normalized spacial score (nSPS) is 14.1. The Bertz CT molecular complexity index is 340. The van der Waals surface area contributed by atoms with E-state index in [-0.39, 0.29) is 5.54 Å². The predicted molar refractivity (Wildman–Crippen MR) is 73.2 cm³/mol. The standard InChI is InChI=1S/C15H25NO/c1-6-7-12-8-10-13(11-9-12)14(17)15(2,3)16(4)5/h8-11,14,17H,6-7H2,1-5H3. The molecule has 1 atom stereocenters. The molecule has 0 aliphatic rings. The molecule has 0 heterocycles. The molecule has 0 spiro atoms. The number of aliphatic hydroxyl groups excluding tert-OH is 1. The van der Waals surface area contributed by atoms with E-state index in [1.54, 1.807) is 0 Å². The second-order valence-corrected chi connectivity index (χ2v) is 5.44. The van der Waals surface area contributed by atoms with Gasteiger partial charge in [0.15, 0.2) is 0 Å². The highest BCUT2D eigenvalue weighted by atomic mass is 16.3. The summed E-state index contributed by atoms with van der Waals surface area (Å²) in [5.74, 6) is 0. The van der Waals surface area contributed by atoms with Crippen LogP contribution in [0.4, 0.5) is 0 Å². The van der Waals surface area contributed by atoms with Gasteiger partial charge in [0, 0.05) is 5.54 Å². The summed E-state index contributed by atoms with van der Waals surface area (Å²) in [4.78, 5) is 2.05. The van der Waals surface area contributed by atoms with E-state index < -0.39 is 6.10 Å². The summed E-state index contributed by atoms with van der Waals surface area (Å²) in [7, 11) is 3.99. The molecule has 1 aromatic carbocycles. The molecule has 2 nitrogen and oxygen atoms in total. The Morgan fingerprint density at radius 2 is 1.71 bits per heavy atom. The van der Waals surface area contributed by atoms with Gasteiger partial charge in [0.2, 0.25) is 0 Å². The summed E-state index contributed by atoms with van der Waals surface area (Å²) in [5, 5.41) is 10.4. The maximum Gasteiger partial charge on any atom is 0.0967 e. The summed E-state index contributed by atoms with van der Waals surface area (Å²) in [6.07, 6.45) is 1.80. The fourth-order valence-corrected chi connectivity index (χ4v) is 1.81. The van der Waals surface area contributed by atoms with Crippen LogP contribution in [-0.4, -0.2) is 29.6 Å². The number of nitrogens with zero attached hydrogens (tertiary/aromatic N) is 1. The van der Waals surface area contributed by atoms with Crippen molar-refractivity contribution < 1.29 is 5.11 Å². The minimum absolute atomic E-state index is 0.258. The number of rotatable bonds is 5. The Morgan fingerprint density at radius 3 is 2.12 bits per heavy atom. The molecule has 1 N–H and O–H groups in total. The molecule has 1 aromatic rings. The number of benzene rings is 1. The van der Waals surface area contributed by atoms with Crippen molar-refractivity contribution in [3.63, 3.8) is 0 Å². The zero-order valence-electron chi connectivity index (χ0n) is 11.7. The number of likely N-dealkylation sites (N-methyl/N-ethyl adjacent to an activating group) is 1. The topological polar surface area (TPSA) is 23.5 Å². The van der Waals surface area contributed by atoms with Crippen molar-refractivity contribution in [1.29, 1.82) is 0 Å². The molecule has 0 amide bonds. The van der Waals surface area contributed by atoms with Gasteiger partial charge in [-0.25, -0.2) is 0 Å². The van der Waals surface area contributed by atoms with Gasteiger partial charge in [0.05, 0.1) is 6.10 Å². The molecule has 1 unspecified atom stereocenters. The summed E-state index contributed by atoms with van der Waals surface area (Å²) in [5.41, 5.74) is 2.07. The van der Waals surface area contributed by atoms with Crippen LogP contribution in [0.1, 0.15) is 44.4 Å². The lowest BCUT2D eigenvalue weighted by molar-refractivity contribution is 0.0164. The van der Waals surface area contributed by atoms with E-state index >= 15 is 0 Å². The van der Waals surface area contributed by atoms with Gasteiger partial charge in [-0.2, -0.15) is 0 Å². The first-order chi connectivity index (χ1) is 7.89. The minimum Gasteiger partial charge on any atom is -0.386 e. The molecule has 0 aromatic heterocycles. The zero-order chi connectivity index (χ0) is 13.1. The lowest BCUT2D eigenvalue weighted by atomic mass is 9.89. The number of hydrogen-bond donors (Lipinski definition) is 1. The first kappa shape index (κ1) is 14.2. The second-order valence-electron chi connectivity index (χ2n) is 5.44. The Labute approximate surface area is 105 Å². The first-order valence-corrected chi connectivity index (χ1v) is 6.34. The van der Waals surface area contributed by atoms with E-state index in [0.29, 0.717) is 0 Å². The molecule has 0 aliphatic heterocycles. The molecule has 0 saturated carbocycles. The first-order valence-electron chi connectivity index (χ1n) is 6.34. The van der Waals surface area contributed by atoms with E-state index in [1.165, 1.54) is 5.56 Å². The average molecular weight is 235 g/mol. The van der Waals surface area contributed by atoms with Gasteiger partial charge in [-0.3, -0.25) is 0 Å². The Balaban J connectivity index is 2.86. The second kappa shape index (κ2) is 5.65. The molecule has 0 fully saturated rings. The molecular weight excluding hydrogens is 210 g/mol. The molecule has 17 heavy (non-hydrogen) atoms. The quantitative estimate of drug-likeness (QED) is 0.848. The highest BCUT2D eigenvalue weighted by molar-refractivity contribution is 5.26. The monoisotopic (exact) mass is 235 g/mol. The van der Waals surface area contributed by atoms with Crippen LogP contribution in [0.5, 0.6) is 0 Å². The van der Waals surface area contributed by atoms with Crippen LogP contribution in [0.25, 0.3) is 0 Å². The van der Waals surface area contributed by atoms with Crippen LogP contribution in [0.2, 0.25) is 0 Å². The van der Waals surface area contributed by atoms with Gasteiger partial charge >= 0.3 is 0 Å². The summed E-state index contributed by atoms with van der Waals surface area (Å²) in [6.45, 7) is 6.28. The van der Waals surface area contributed by atoms with Crippen LogP contribution in [-0.2, 0) is 6.42 Å². The SMILES string of the molecule is CCCc1ccc(C(O)C(C)(C)N(C)C)cc1. The van der Waals surface area contributed by atoms with E-state index in [2.05, 4.69) is 37.8 Å². The van der Waals surface area contributed by atoms with Crippen molar-refractivity contribution in [2.24, 2.45) is 0 Å². The minimum atomic E-state index is -0.465. The van der Waals surface area contributed by atoms with Gasteiger partial charge in [-0.05, 0) is 45.5 Å². The molecule has 1 rings (SSSR count). The van der Waals surface area contributed by atoms with Crippen LogP contribution >= 0.6 is 0 Å². The van der Waals surface area contributed by atoms with Crippen LogP contribution in [0.15, 0.2) is 24.3 Å². The average Bonchev–Trinajstić information content (AvgIpc) is 2.29. The molecule has 0 aliphatic carbocycles. The molecule has 0 radical (unpaired) electrons. The fraction of sp³-hybridized carbons (Fsp3) is 0.600. The third-order valence-electron chi connectivity index (χ3n) is 3.66. The molecule has 2 heteroatoms. The van der Waals surface area contributed by atoms with Crippen molar-refractivity contribution in [2.75, 3.05) is 14.1 Å². The molecule has 96 valence electrons. The van der Waals surface area contributed by atoms with Crippen LogP contribution in [0.3, 0.4) is 0 Å². The van der Waals surface area contributed by atoms with Gasteiger partial charge in [-0.15, -0.1) is 0 Å². The Kier molecular flexibility index (Phi) is 4.72. The Hall–Kier alpha value is -0.860. The van der Waals surface area contributed by atoms with E-state index in [4.69, 9.17) is 0 Å². The number of aliphatic hydroxyl groups is 1.